The van der Waals surface area contributed by atoms with Crippen LogP contribution in [0, 0.1) is 0 Å². The zero-order chi connectivity index (χ0) is 37.6. The van der Waals surface area contributed by atoms with E-state index in [1.807, 2.05) is 0 Å². The Morgan fingerprint density at radius 2 is 0.875 bits per heavy atom. The van der Waals surface area contributed by atoms with E-state index in [9.17, 15) is 0 Å². The molecule has 0 saturated heterocycles. The van der Waals surface area contributed by atoms with Crippen LogP contribution in [0.1, 0.15) is 25.0 Å². The van der Waals surface area contributed by atoms with Gasteiger partial charge in [0.15, 0.2) is 0 Å². The van der Waals surface area contributed by atoms with Crippen LogP contribution in [0.2, 0.25) is 0 Å². The van der Waals surface area contributed by atoms with Crippen LogP contribution in [-0.2, 0) is 5.41 Å². The molecule has 56 heavy (non-hydrogen) atoms. The second-order valence-electron chi connectivity index (χ2n) is 15.3. The highest BCUT2D eigenvalue weighted by Crippen LogP contribution is 2.56. The van der Waals surface area contributed by atoms with Gasteiger partial charge in [-0.05, 0) is 102 Å². The summed E-state index contributed by atoms with van der Waals surface area (Å²) in [7, 11) is 0. The predicted octanol–water partition coefficient (Wildman–Crippen LogP) is 15.3. The zero-order valence-corrected chi connectivity index (χ0v) is 31.7. The zero-order valence-electron chi connectivity index (χ0n) is 31.7. The lowest BCUT2D eigenvalue weighted by Crippen LogP contribution is -2.21. The van der Waals surface area contributed by atoms with Gasteiger partial charge in [0.25, 0.3) is 0 Å². The molecule has 0 aromatic heterocycles. The first-order valence-corrected chi connectivity index (χ1v) is 19.5. The summed E-state index contributed by atoms with van der Waals surface area (Å²) in [4.78, 5) is 2.54. The van der Waals surface area contributed by atoms with Gasteiger partial charge in [0.05, 0.1) is 11.4 Å². The number of benzene rings is 9. The smallest absolute Gasteiger partial charge is 0.0546 e. The minimum atomic E-state index is -0.226. The lowest BCUT2D eigenvalue weighted by Gasteiger charge is -2.34. The van der Waals surface area contributed by atoms with Gasteiger partial charge in [0, 0.05) is 16.7 Å². The summed E-state index contributed by atoms with van der Waals surface area (Å²) < 4.78 is 0. The number of hydrogen-bond donors (Lipinski definition) is 0. The Labute approximate surface area is 329 Å². The van der Waals surface area contributed by atoms with Gasteiger partial charge in [0.1, 0.15) is 0 Å². The first-order valence-electron chi connectivity index (χ1n) is 19.5. The van der Waals surface area contributed by atoms with Crippen molar-refractivity contribution in [3.8, 4) is 55.6 Å². The number of nitrogens with zero attached hydrogens (tertiary/aromatic N) is 1. The van der Waals surface area contributed by atoms with E-state index in [0.717, 1.165) is 11.4 Å². The van der Waals surface area contributed by atoms with Crippen molar-refractivity contribution in [3.05, 3.63) is 223 Å². The van der Waals surface area contributed by atoms with Crippen molar-refractivity contribution in [2.45, 2.75) is 19.3 Å². The maximum atomic E-state index is 2.54. The largest absolute Gasteiger partial charge is 0.309 e. The molecule has 0 N–H and O–H groups in total. The van der Waals surface area contributed by atoms with Gasteiger partial charge in [-0.15, -0.1) is 0 Å². The van der Waals surface area contributed by atoms with Crippen LogP contribution in [0.5, 0.6) is 0 Å². The highest BCUT2D eigenvalue weighted by atomic mass is 15.1. The van der Waals surface area contributed by atoms with E-state index in [1.54, 1.807) is 0 Å². The molecule has 9 aromatic carbocycles. The Bertz CT molecular complexity index is 2880. The fraction of sp³-hybridized carbons (Fsp3) is 0.0545. The van der Waals surface area contributed by atoms with E-state index in [0.29, 0.717) is 0 Å². The van der Waals surface area contributed by atoms with Crippen LogP contribution >= 0.6 is 0 Å². The second kappa shape index (κ2) is 13.7. The third-order valence-electron chi connectivity index (χ3n) is 11.6. The van der Waals surface area contributed by atoms with Crippen molar-refractivity contribution < 1.29 is 0 Å². The molecule has 0 amide bonds. The van der Waals surface area contributed by atoms with Crippen molar-refractivity contribution >= 4 is 27.8 Å². The molecule has 0 radical (unpaired) electrons. The summed E-state index contributed by atoms with van der Waals surface area (Å²) in [5.41, 5.74) is 18.0. The molecule has 266 valence electrons. The van der Waals surface area contributed by atoms with Crippen LogP contribution in [0.15, 0.2) is 212 Å². The van der Waals surface area contributed by atoms with Gasteiger partial charge in [-0.3, -0.25) is 0 Å². The number of fused-ring (bicyclic) bond motifs is 4. The number of anilines is 3. The molecule has 10 rings (SSSR count). The van der Waals surface area contributed by atoms with Crippen molar-refractivity contribution in [1.29, 1.82) is 0 Å². The molecule has 0 bridgehead atoms. The van der Waals surface area contributed by atoms with Crippen molar-refractivity contribution in [2.75, 3.05) is 4.90 Å². The third-order valence-corrected chi connectivity index (χ3v) is 11.6. The monoisotopic (exact) mass is 715 g/mol. The maximum Gasteiger partial charge on any atom is 0.0546 e. The standard InChI is InChI=1S/C55H41N/c1-55(2)50-31-14-13-27-47(50)49-30-17-33-52(54(49)55)56(44-25-15-24-42(37-44)43-35-34-38-18-9-10-23-41(38)36-43)51-32-16-29-46(40-21-7-4-8-22-40)53(51)48-28-12-11-26-45(48)39-19-5-3-6-20-39/h3-37H,1-2H3. The fourth-order valence-electron chi connectivity index (χ4n) is 9.05. The maximum absolute atomic E-state index is 2.54. The van der Waals surface area contributed by atoms with E-state index in [1.165, 1.54) is 83.2 Å². The lowest BCUT2D eigenvalue weighted by molar-refractivity contribution is 0.661. The average molecular weight is 716 g/mol. The van der Waals surface area contributed by atoms with Gasteiger partial charge in [0.2, 0.25) is 0 Å². The first-order chi connectivity index (χ1) is 27.6. The van der Waals surface area contributed by atoms with E-state index in [-0.39, 0.29) is 5.41 Å². The van der Waals surface area contributed by atoms with Crippen molar-refractivity contribution in [2.24, 2.45) is 0 Å². The summed E-state index contributed by atoms with van der Waals surface area (Å²) in [6, 6.07) is 77.7. The third kappa shape index (κ3) is 5.63. The normalized spacial score (nSPS) is 12.6. The van der Waals surface area contributed by atoms with Crippen molar-refractivity contribution in [3.63, 3.8) is 0 Å². The average Bonchev–Trinajstić information content (AvgIpc) is 3.50. The molecule has 1 aliphatic rings. The van der Waals surface area contributed by atoms with Crippen LogP contribution in [0.4, 0.5) is 17.1 Å². The number of rotatable bonds is 7. The molecule has 0 saturated carbocycles. The van der Waals surface area contributed by atoms with Gasteiger partial charge in [-0.1, -0.05) is 196 Å². The van der Waals surface area contributed by atoms with Crippen LogP contribution in [-0.4, -0.2) is 0 Å². The Balaban J connectivity index is 1.29. The molecule has 0 spiro atoms. The molecule has 0 heterocycles. The van der Waals surface area contributed by atoms with Gasteiger partial charge >= 0.3 is 0 Å². The van der Waals surface area contributed by atoms with E-state index in [4.69, 9.17) is 0 Å². The summed E-state index contributed by atoms with van der Waals surface area (Å²) >= 11 is 0. The molecule has 0 aliphatic heterocycles. The van der Waals surface area contributed by atoms with Gasteiger partial charge < -0.3 is 4.90 Å². The molecule has 0 atom stereocenters. The van der Waals surface area contributed by atoms with E-state index < -0.39 is 0 Å². The molecular formula is C55H41N. The minimum Gasteiger partial charge on any atom is -0.309 e. The topological polar surface area (TPSA) is 3.24 Å². The van der Waals surface area contributed by atoms with Crippen LogP contribution in [0.25, 0.3) is 66.4 Å². The Kier molecular flexibility index (Phi) is 8.23. The predicted molar refractivity (Wildman–Crippen MR) is 238 cm³/mol. The SMILES string of the molecule is CC1(C)c2ccccc2-c2cccc(N(c3cccc(-c4ccc5ccccc5c4)c3)c3cccc(-c4ccccc4)c3-c3ccccc3-c3ccccc3)c21. The highest BCUT2D eigenvalue weighted by molar-refractivity contribution is 6.02. The molecule has 1 heteroatoms. The molecule has 1 aliphatic carbocycles. The second-order valence-corrected chi connectivity index (χ2v) is 15.3. The highest BCUT2D eigenvalue weighted by Gasteiger charge is 2.39. The van der Waals surface area contributed by atoms with Crippen LogP contribution < -0.4 is 4.90 Å². The Morgan fingerprint density at radius 1 is 0.339 bits per heavy atom. The molecule has 0 fully saturated rings. The van der Waals surface area contributed by atoms with E-state index >= 15 is 0 Å². The first kappa shape index (κ1) is 33.6. The number of hydrogen-bond acceptors (Lipinski definition) is 1. The van der Waals surface area contributed by atoms with Gasteiger partial charge in [-0.25, -0.2) is 0 Å². The molecule has 0 unspecified atom stereocenters. The van der Waals surface area contributed by atoms with Crippen molar-refractivity contribution in [1.82, 2.24) is 0 Å². The summed E-state index contributed by atoms with van der Waals surface area (Å²) in [6.07, 6.45) is 0. The Morgan fingerprint density at radius 3 is 1.64 bits per heavy atom. The molecule has 1 nitrogen and oxygen atoms in total. The quantitative estimate of drug-likeness (QED) is 0.159. The fourth-order valence-corrected chi connectivity index (χ4v) is 9.05. The Hall–Kier alpha value is -6.96. The summed E-state index contributed by atoms with van der Waals surface area (Å²) in [5.74, 6) is 0. The summed E-state index contributed by atoms with van der Waals surface area (Å²) in [5, 5.41) is 2.48. The summed E-state index contributed by atoms with van der Waals surface area (Å²) in [6.45, 7) is 4.77. The molecule has 9 aromatic rings. The molecular weight excluding hydrogens is 675 g/mol. The lowest BCUT2D eigenvalue weighted by atomic mass is 9.81. The van der Waals surface area contributed by atoms with Crippen LogP contribution in [0.3, 0.4) is 0 Å². The minimum absolute atomic E-state index is 0.226. The van der Waals surface area contributed by atoms with Gasteiger partial charge in [-0.2, -0.15) is 0 Å². The van der Waals surface area contributed by atoms with E-state index in [2.05, 4.69) is 231 Å².